The highest BCUT2D eigenvalue weighted by molar-refractivity contribution is 4.61. The molecule has 0 spiro atoms. The fraction of sp³-hybridized carbons (Fsp3) is 1.00. The smallest absolute Gasteiger partial charge is 0.00217 e. The van der Waals surface area contributed by atoms with Gasteiger partial charge in [0.25, 0.3) is 0 Å². The molecule has 0 aromatic carbocycles. The molecule has 0 radical (unpaired) electrons. The summed E-state index contributed by atoms with van der Waals surface area (Å²) in [7, 11) is 2.25. The molecule has 0 fully saturated rings. The predicted molar refractivity (Wildman–Crippen MR) is 74.9 cm³/mol. The molecule has 0 saturated heterocycles. The van der Waals surface area contributed by atoms with Crippen molar-refractivity contribution in [1.29, 1.82) is 0 Å². The van der Waals surface area contributed by atoms with Gasteiger partial charge in [0.15, 0.2) is 0 Å². The van der Waals surface area contributed by atoms with Gasteiger partial charge in [-0.15, -0.1) is 0 Å². The van der Waals surface area contributed by atoms with Crippen LogP contribution in [0.4, 0.5) is 0 Å². The molecule has 0 aromatic heterocycles. The lowest BCUT2D eigenvalue weighted by molar-refractivity contribution is 0.301. The molecule has 0 aliphatic rings. The normalized spacial score (nSPS) is 13.3. The van der Waals surface area contributed by atoms with E-state index in [1.54, 1.807) is 0 Å². The SMILES string of the molecule is CCCC[C@H](CCC)CCCN(C)CCC. The van der Waals surface area contributed by atoms with E-state index in [0.29, 0.717) is 0 Å². The first-order chi connectivity index (χ1) is 7.74. The van der Waals surface area contributed by atoms with E-state index >= 15 is 0 Å². The second kappa shape index (κ2) is 11.4. The van der Waals surface area contributed by atoms with E-state index in [-0.39, 0.29) is 0 Å². The van der Waals surface area contributed by atoms with Crippen LogP contribution in [0.5, 0.6) is 0 Å². The predicted octanol–water partition coefficient (Wildman–Crippen LogP) is 4.71. The quantitative estimate of drug-likeness (QED) is 0.494. The Morgan fingerprint density at radius 3 is 2.00 bits per heavy atom. The largest absolute Gasteiger partial charge is 0.306 e. The molecule has 0 bridgehead atoms. The molecular weight excluding hydrogens is 194 g/mol. The summed E-state index contributed by atoms with van der Waals surface area (Å²) in [5.74, 6) is 1.000. The molecule has 98 valence electrons. The first-order valence-corrected chi connectivity index (χ1v) is 7.43. The third-order valence-corrected chi connectivity index (χ3v) is 3.42. The minimum atomic E-state index is 1.000. The molecule has 0 heterocycles. The summed E-state index contributed by atoms with van der Waals surface area (Å²) in [4.78, 5) is 2.48. The van der Waals surface area contributed by atoms with Gasteiger partial charge in [0.1, 0.15) is 0 Å². The molecule has 1 nitrogen and oxygen atoms in total. The fourth-order valence-corrected chi connectivity index (χ4v) is 2.48. The molecule has 0 unspecified atom stereocenters. The van der Waals surface area contributed by atoms with Crippen molar-refractivity contribution in [3.05, 3.63) is 0 Å². The van der Waals surface area contributed by atoms with E-state index in [4.69, 9.17) is 0 Å². The van der Waals surface area contributed by atoms with Crippen LogP contribution in [0.25, 0.3) is 0 Å². The number of unbranched alkanes of at least 4 members (excludes halogenated alkanes) is 1. The van der Waals surface area contributed by atoms with E-state index in [1.165, 1.54) is 64.5 Å². The van der Waals surface area contributed by atoms with Crippen molar-refractivity contribution in [2.24, 2.45) is 5.92 Å². The Bertz CT molecular complexity index is 133. The van der Waals surface area contributed by atoms with Crippen molar-refractivity contribution in [2.45, 2.75) is 72.1 Å². The molecule has 0 amide bonds. The molecule has 0 saturated carbocycles. The van der Waals surface area contributed by atoms with Crippen LogP contribution in [-0.2, 0) is 0 Å². The van der Waals surface area contributed by atoms with E-state index in [9.17, 15) is 0 Å². The minimum absolute atomic E-state index is 1.000. The molecule has 1 atom stereocenters. The van der Waals surface area contributed by atoms with Crippen LogP contribution in [0, 0.1) is 5.92 Å². The van der Waals surface area contributed by atoms with Gasteiger partial charge < -0.3 is 4.90 Å². The van der Waals surface area contributed by atoms with Crippen LogP contribution in [0.2, 0.25) is 0 Å². The van der Waals surface area contributed by atoms with Gasteiger partial charge in [0.2, 0.25) is 0 Å². The van der Waals surface area contributed by atoms with Crippen molar-refractivity contribution >= 4 is 0 Å². The molecule has 16 heavy (non-hydrogen) atoms. The number of rotatable bonds is 11. The third-order valence-electron chi connectivity index (χ3n) is 3.42. The summed E-state index contributed by atoms with van der Waals surface area (Å²) in [6.07, 6.45) is 11.2. The number of hydrogen-bond acceptors (Lipinski definition) is 1. The van der Waals surface area contributed by atoms with Crippen molar-refractivity contribution in [3.63, 3.8) is 0 Å². The van der Waals surface area contributed by atoms with E-state index < -0.39 is 0 Å². The molecule has 0 aromatic rings. The lowest BCUT2D eigenvalue weighted by atomic mass is 9.92. The summed E-state index contributed by atoms with van der Waals surface area (Å²) in [6, 6.07) is 0. The molecule has 0 rings (SSSR count). The average Bonchev–Trinajstić information content (AvgIpc) is 2.26. The zero-order valence-electron chi connectivity index (χ0n) is 12.1. The number of nitrogens with zero attached hydrogens (tertiary/aromatic N) is 1. The Morgan fingerprint density at radius 1 is 0.750 bits per heavy atom. The van der Waals surface area contributed by atoms with Gasteiger partial charge in [-0.3, -0.25) is 0 Å². The van der Waals surface area contributed by atoms with Gasteiger partial charge >= 0.3 is 0 Å². The van der Waals surface area contributed by atoms with Crippen LogP contribution in [0.15, 0.2) is 0 Å². The summed E-state index contributed by atoms with van der Waals surface area (Å²) in [5, 5.41) is 0. The maximum atomic E-state index is 2.48. The summed E-state index contributed by atoms with van der Waals surface area (Å²) >= 11 is 0. The Morgan fingerprint density at radius 2 is 1.44 bits per heavy atom. The van der Waals surface area contributed by atoms with Gasteiger partial charge in [-0.1, -0.05) is 52.9 Å². The minimum Gasteiger partial charge on any atom is -0.306 e. The Labute approximate surface area is 104 Å². The highest BCUT2D eigenvalue weighted by atomic mass is 15.1. The third kappa shape index (κ3) is 9.21. The topological polar surface area (TPSA) is 3.24 Å². The van der Waals surface area contributed by atoms with Gasteiger partial charge in [-0.2, -0.15) is 0 Å². The van der Waals surface area contributed by atoms with Gasteiger partial charge in [-0.25, -0.2) is 0 Å². The van der Waals surface area contributed by atoms with Crippen LogP contribution in [-0.4, -0.2) is 25.0 Å². The Hall–Kier alpha value is -0.0400. The summed E-state index contributed by atoms with van der Waals surface area (Å²) < 4.78 is 0. The van der Waals surface area contributed by atoms with E-state index in [0.717, 1.165) is 5.92 Å². The second-order valence-corrected chi connectivity index (χ2v) is 5.24. The van der Waals surface area contributed by atoms with Crippen LogP contribution in [0.3, 0.4) is 0 Å². The first kappa shape index (κ1) is 16.0. The molecule has 0 aliphatic carbocycles. The van der Waals surface area contributed by atoms with Crippen molar-refractivity contribution < 1.29 is 0 Å². The lowest BCUT2D eigenvalue weighted by Gasteiger charge is -2.19. The monoisotopic (exact) mass is 227 g/mol. The Balaban J connectivity index is 3.57. The maximum absolute atomic E-state index is 2.48. The van der Waals surface area contributed by atoms with E-state index in [2.05, 4.69) is 32.7 Å². The highest BCUT2D eigenvalue weighted by Crippen LogP contribution is 2.20. The zero-order chi connectivity index (χ0) is 12.2. The lowest BCUT2D eigenvalue weighted by Crippen LogP contribution is -2.21. The summed E-state index contributed by atoms with van der Waals surface area (Å²) in [5.41, 5.74) is 0. The summed E-state index contributed by atoms with van der Waals surface area (Å²) in [6.45, 7) is 9.44. The maximum Gasteiger partial charge on any atom is -0.00217 e. The standard InChI is InChI=1S/C15H33N/c1-5-8-11-15(10-6-2)12-9-14-16(4)13-7-3/h15H,5-14H2,1-4H3/t15-/m0/s1. The van der Waals surface area contributed by atoms with Crippen molar-refractivity contribution in [1.82, 2.24) is 4.90 Å². The van der Waals surface area contributed by atoms with Crippen molar-refractivity contribution in [3.8, 4) is 0 Å². The van der Waals surface area contributed by atoms with Crippen LogP contribution >= 0.6 is 0 Å². The molecular formula is C15H33N. The van der Waals surface area contributed by atoms with Crippen molar-refractivity contribution in [2.75, 3.05) is 20.1 Å². The second-order valence-electron chi connectivity index (χ2n) is 5.24. The van der Waals surface area contributed by atoms with Crippen LogP contribution < -0.4 is 0 Å². The Kier molecular flexibility index (Phi) is 11.4. The zero-order valence-corrected chi connectivity index (χ0v) is 12.1. The van der Waals surface area contributed by atoms with Gasteiger partial charge in [-0.05, 0) is 45.3 Å². The number of hydrogen-bond donors (Lipinski definition) is 0. The fourth-order valence-electron chi connectivity index (χ4n) is 2.48. The molecule has 0 N–H and O–H groups in total. The average molecular weight is 227 g/mol. The first-order valence-electron chi connectivity index (χ1n) is 7.43. The highest BCUT2D eigenvalue weighted by Gasteiger charge is 2.07. The van der Waals surface area contributed by atoms with Gasteiger partial charge in [0.05, 0.1) is 0 Å². The molecule has 0 aliphatic heterocycles. The van der Waals surface area contributed by atoms with Gasteiger partial charge in [0, 0.05) is 0 Å². The van der Waals surface area contributed by atoms with E-state index in [1.807, 2.05) is 0 Å². The van der Waals surface area contributed by atoms with Crippen LogP contribution in [0.1, 0.15) is 72.1 Å². The molecule has 1 heteroatoms.